The Hall–Kier alpha value is -2.45. The quantitative estimate of drug-likeness (QED) is 0.742. The Morgan fingerprint density at radius 2 is 2.00 bits per heavy atom. The van der Waals surface area contributed by atoms with E-state index in [0.717, 1.165) is 22.7 Å². The molecule has 1 aromatic heterocycles. The lowest BCUT2D eigenvalue weighted by molar-refractivity contribution is -0.138. The molecule has 4 rings (SSSR count). The number of hydrogen-bond donors (Lipinski definition) is 1. The van der Waals surface area contributed by atoms with E-state index in [4.69, 9.17) is 4.74 Å². The van der Waals surface area contributed by atoms with Crippen molar-refractivity contribution >= 4 is 23.2 Å². The van der Waals surface area contributed by atoms with Gasteiger partial charge < -0.3 is 19.6 Å². The fourth-order valence-corrected chi connectivity index (χ4v) is 5.26. The minimum Gasteiger partial charge on any atom is -0.488 e. The number of likely N-dealkylation sites (tertiary alicyclic amines) is 2. The molecule has 2 aliphatic rings. The lowest BCUT2D eigenvalue weighted by Gasteiger charge is -2.26. The Balaban J connectivity index is 1.38. The van der Waals surface area contributed by atoms with E-state index in [1.165, 1.54) is 11.3 Å². The Bertz CT molecular complexity index is 932. The molecule has 2 saturated heterocycles. The highest BCUT2D eigenvalue weighted by molar-refractivity contribution is 7.11. The van der Waals surface area contributed by atoms with E-state index in [1.54, 1.807) is 9.80 Å². The van der Waals surface area contributed by atoms with Crippen LogP contribution < -0.4 is 4.74 Å². The summed E-state index contributed by atoms with van der Waals surface area (Å²) in [5, 5.41) is 12.1. The molecule has 7 nitrogen and oxygen atoms in total. The van der Waals surface area contributed by atoms with Gasteiger partial charge in [0.1, 0.15) is 23.0 Å². The number of thiazole rings is 1. The van der Waals surface area contributed by atoms with Crippen LogP contribution in [0.4, 0.5) is 0 Å². The van der Waals surface area contributed by atoms with E-state index in [-0.39, 0.29) is 18.4 Å². The predicted molar refractivity (Wildman–Crippen MR) is 118 cm³/mol. The standard InChI is InChI=1S/C23H29N3O4S/c1-17-19(16-30-18-7-3-2-4-8-18)31-22(24-17)23(29)10-6-13-25(14-11-23)21(28)15-26-12-5-9-20(26)27/h2-4,7-8,29H,5-6,9-16H2,1H3/t23-/m1/s1. The summed E-state index contributed by atoms with van der Waals surface area (Å²) in [4.78, 5) is 33.6. The first-order valence-corrected chi connectivity index (χ1v) is 11.7. The van der Waals surface area contributed by atoms with Gasteiger partial charge >= 0.3 is 0 Å². The molecule has 3 heterocycles. The number of aromatic nitrogens is 1. The number of carbonyl (C=O) groups is 2. The zero-order valence-corrected chi connectivity index (χ0v) is 18.7. The summed E-state index contributed by atoms with van der Waals surface area (Å²) in [6.07, 6.45) is 3.06. The smallest absolute Gasteiger partial charge is 0.242 e. The second-order valence-corrected chi connectivity index (χ2v) is 9.40. The lowest BCUT2D eigenvalue weighted by Crippen LogP contribution is -2.41. The fraction of sp³-hybridized carbons (Fsp3) is 0.522. The Kier molecular flexibility index (Phi) is 6.57. The van der Waals surface area contributed by atoms with Gasteiger partial charge in [-0.05, 0) is 38.3 Å². The number of rotatable bonds is 6. The molecule has 1 atom stereocenters. The van der Waals surface area contributed by atoms with Crippen molar-refractivity contribution in [2.75, 3.05) is 26.2 Å². The van der Waals surface area contributed by atoms with Crippen LogP contribution in [0.5, 0.6) is 5.75 Å². The Morgan fingerprint density at radius 3 is 2.74 bits per heavy atom. The van der Waals surface area contributed by atoms with Gasteiger partial charge in [-0.1, -0.05) is 18.2 Å². The third-order valence-corrected chi connectivity index (χ3v) is 7.39. The van der Waals surface area contributed by atoms with Crippen LogP contribution in [0.25, 0.3) is 0 Å². The summed E-state index contributed by atoms with van der Waals surface area (Å²) >= 11 is 1.49. The molecule has 31 heavy (non-hydrogen) atoms. The minimum atomic E-state index is -1.04. The summed E-state index contributed by atoms with van der Waals surface area (Å²) in [5.41, 5.74) is -0.173. The first-order chi connectivity index (χ1) is 14.9. The van der Waals surface area contributed by atoms with Gasteiger partial charge in [0.2, 0.25) is 11.8 Å². The first kappa shape index (κ1) is 21.8. The Labute approximate surface area is 186 Å². The molecule has 8 heteroatoms. The number of hydrogen-bond acceptors (Lipinski definition) is 6. The van der Waals surface area contributed by atoms with Gasteiger partial charge in [-0.15, -0.1) is 11.3 Å². The second kappa shape index (κ2) is 9.36. The van der Waals surface area contributed by atoms with Crippen molar-refractivity contribution in [3.8, 4) is 5.75 Å². The number of para-hydroxylation sites is 1. The molecule has 0 radical (unpaired) electrons. The van der Waals surface area contributed by atoms with Gasteiger partial charge in [-0.25, -0.2) is 4.98 Å². The van der Waals surface area contributed by atoms with Crippen molar-refractivity contribution in [1.29, 1.82) is 0 Å². The van der Waals surface area contributed by atoms with Gasteiger partial charge in [0.15, 0.2) is 0 Å². The number of aliphatic hydroxyl groups is 1. The van der Waals surface area contributed by atoms with Crippen LogP contribution in [0.3, 0.4) is 0 Å². The minimum absolute atomic E-state index is 0.0354. The molecule has 2 aliphatic heterocycles. The second-order valence-electron chi connectivity index (χ2n) is 8.31. The normalized spacial score (nSPS) is 21.9. The van der Waals surface area contributed by atoms with Gasteiger partial charge in [0.05, 0.1) is 17.1 Å². The van der Waals surface area contributed by atoms with Gasteiger partial charge in [-0.2, -0.15) is 0 Å². The monoisotopic (exact) mass is 443 g/mol. The summed E-state index contributed by atoms with van der Waals surface area (Å²) in [6.45, 7) is 4.22. The maximum Gasteiger partial charge on any atom is 0.242 e. The first-order valence-electron chi connectivity index (χ1n) is 10.9. The summed E-state index contributed by atoms with van der Waals surface area (Å²) in [7, 11) is 0. The van der Waals surface area contributed by atoms with Gasteiger partial charge in [-0.3, -0.25) is 9.59 Å². The van der Waals surface area contributed by atoms with E-state index in [0.29, 0.717) is 56.9 Å². The lowest BCUT2D eigenvalue weighted by atomic mass is 9.96. The molecule has 2 aromatic rings. The number of aryl methyl sites for hydroxylation is 1. The van der Waals surface area contributed by atoms with E-state index >= 15 is 0 Å². The van der Waals surface area contributed by atoms with E-state index in [9.17, 15) is 14.7 Å². The highest BCUT2D eigenvalue weighted by Gasteiger charge is 2.37. The van der Waals surface area contributed by atoms with Crippen LogP contribution in [-0.2, 0) is 21.8 Å². The maximum absolute atomic E-state index is 12.7. The number of amides is 2. The molecule has 166 valence electrons. The summed E-state index contributed by atoms with van der Waals surface area (Å²) in [5.74, 6) is 0.825. The average Bonchev–Trinajstić information content (AvgIpc) is 3.28. The van der Waals surface area contributed by atoms with Crippen LogP contribution >= 0.6 is 11.3 Å². The fourth-order valence-electron chi connectivity index (χ4n) is 4.14. The SMILES string of the molecule is Cc1nc([C@@]2(O)CCCN(C(=O)CN3CCCC3=O)CC2)sc1COc1ccccc1. The molecular weight excluding hydrogens is 414 g/mol. The van der Waals surface area contributed by atoms with Crippen LogP contribution in [0, 0.1) is 6.92 Å². The largest absolute Gasteiger partial charge is 0.488 e. The highest BCUT2D eigenvalue weighted by Crippen LogP contribution is 2.37. The molecule has 0 unspecified atom stereocenters. The summed E-state index contributed by atoms with van der Waals surface area (Å²) in [6, 6.07) is 9.64. The topological polar surface area (TPSA) is 83.0 Å². The molecule has 1 N–H and O–H groups in total. The average molecular weight is 444 g/mol. The van der Waals surface area contributed by atoms with Crippen molar-refractivity contribution in [2.45, 2.75) is 51.2 Å². The van der Waals surface area contributed by atoms with Crippen LogP contribution in [-0.4, -0.2) is 57.9 Å². The molecule has 0 bridgehead atoms. The van der Waals surface area contributed by atoms with E-state index < -0.39 is 5.60 Å². The number of ether oxygens (including phenoxy) is 1. The molecule has 0 aliphatic carbocycles. The number of carbonyl (C=O) groups excluding carboxylic acids is 2. The highest BCUT2D eigenvalue weighted by atomic mass is 32.1. The van der Waals surface area contributed by atoms with Gasteiger partial charge in [0.25, 0.3) is 0 Å². The Morgan fingerprint density at radius 1 is 1.19 bits per heavy atom. The van der Waals surface area contributed by atoms with Crippen LogP contribution in [0.15, 0.2) is 30.3 Å². The van der Waals surface area contributed by atoms with E-state index in [2.05, 4.69) is 4.98 Å². The van der Waals surface area contributed by atoms with E-state index in [1.807, 2.05) is 37.3 Å². The third-order valence-electron chi connectivity index (χ3n) is 6.07. The van der Waals surface area contributed by atoms with Crippen molar-refractivity contribution in [3.05, 3.63) is 45.9 Å². The molecule has 0 saturated carbocycles. The molecule has 1 aromatic carbocycles. The van der Waals surface area contributed by atoms with Crippen molar-refractivity contribution in [1.82, 2.24) is 14.8 Å². The van der Waals surface area contributed by atoms with Crippen LogP contribution in [0.1, 0.15) is 47.7 Å². The van der Waals surface area contributed by atoms with Gasteiger partial charge in [0, 0.05) is 32.5 Å². The number of nitrogens with zero attached hydrogens (tertiary/aromatic N) is 3. The third kappa shape index (κ3) is 5.07. The molecule has 2 fully saturated rings. The zero-order valence-electron chi connectivity index (χ0n) is 17.9. The van der Waals surface area contributed by atoms with Crippen molar-refractivity contribution in [2.24, 2.45) is 0 Å². The molecule has 2 amide bonds. The molecule has 0 spiro atoms. The summed E-state index contributed by atoms with van der Waals surface area (Å²) < 4.78 is 5.86. The number of benzene rings is 1. The predicted octanol–water partition coefficient (Wildman–Crippen LogP) is 2.85. The van der Waals surface area contributed by atoms with Crippen LogP contribution in [0.2, 0.25) is 0 Å². The molecular formula is C23H29N3O4S. The maximum atomic E-state index is 12.7. The zero-order chi connectivity index (χ0) is 21.8. The van der Waals surface area contributed by atoms with Crippen molar-refractivity contribution < 1.29 is 19.4 Å². The van der Waals surface area contributed by atoms with Crippen molar-refractivity contribution in [3.63, 3.8) is 0 Å².